The van der Waals surface area contributed by atoms with Crippen LogP contribution >= 0.6 is 0 Å². The van der Waals surface area contributed by atoms with Crippen LogP contribution in [0.15, 0.2) is 18.2 Å². The van der Waals surface area contributed by atoms with Gasteiger partial charge in [0.2, 0.25) is 0 Å². The number of ether oxygens (including phenoxy) is 3. The van der Waals surface area contributed by atoms with E-state index in [4.69, 9.17) is 29.9 Å². The molecule has 4 atom stereocenters. The molecule has 0 radical (unpaired) electrons. The minimum Gasteiger partial charge on any atom is -0.461 e. The van der Waals surface area contributed by atoms with E-state index in [-0.39, 0.29) is 5.54 Å². The van der Waals surface area contributed by atoms with Crippen molar-refractivity contribution in [1.29, 1.82) is 0 Å². The van der Waals surface area contributed by atoms with Gasteiger partial charge in [0.1, 0.15) is 18.6 Å². The first kappa shape index (κ1) is 25.5. The Labute approximate surface area is 230 Å². The van der Waals surface area contributed by atoms with E-state index in [2.05, 4.69) is 28.9 Å². The fraction of sp³-hybridized carbons (Fsp3) is 0.667. The molecule has 3 fully saturated rings. The van der Waals surface area contributed by atoms with Crippen molar-refractivity contribution in [3.8, 4) is 6.01 Å². The first-order chi connectivity index (χ1) is 18.9. The maximum Gasteiger partial charge on any atom is 0.318 e. The number of rotatable bonds is 4. The number of aromatic nitrogens is 2. The maximum absolute atomic E-state index is 14.4. The van der Waals surface area contributed by atoms with Gasteiger partial charge in [-0.15, -0.1) is 0 Å². The van der Waals surface area contributed by atoms with Crippen LogP contribution in [0.25, 0.3) is 0 Å². The number of hydrogen-bond acceptors (Lipinski definition) is 8. The van der Waals surface area contributed by atoms with Gasteiger partial charge in [-0.25, -0.2) is 4.39 Å². The number of fused-ring (bicyclic) bond motifs is 4. The Bertz CT molecular complexity index is 1240. The van der Waals surface area contributed by atoms with Crippen molar-refractivity contribution in [1.82, 2.24) is 14.9 Å². The summed E-state index contributed by atoms with van der Waals surface area (Å²) in [5, 5.41) is 0. The lowest BCUT2D eigenvalue weighted by molar-refractivity contribution is -0.0871. The molecule has 3 saturated heterocycles. The Balaban J connectivity index is 1.25. The second-order valence-electron chi connectivity index (χ2n) is 12.3. The third-order valence-corrected chi connectivity index (χ3v) is 9.83. The molecule has 2 N–H and O–H groups in total. The smallest absolute Gasteiger partial charge is 0.318 e. The van der Waals surface area contributed by atoms with Crippen LogP contribution in [0, 0.1) is 0 Å². The van der Waals surface area contributed by atoms with E-state index in [0.717, 1.165) is 81.1 Å². The van der Waals surface area contributed by atoms with Crippen molar-refractivity contribution in [2.75, 3.05) is 56.6 Å². The molecule has 0 bridgehead atoms. The van der Waals surface area contributed by atoms with Crippen molar-refractivity contribution in [2.45, 2.75) is 81.7 Å². The van der Waals surface area contributed by atoms with Crippen LogP contribution in [0.3, 0.4) is 0 Å². The summed E-state index contributed by atoms with van der Waals surface area (Å²) in [6.45, 7) is 7.66. The molecule has 9 heteroatoms. The molecule has 1 aromatic heterocycles. The number of hydrogen-bond donors (Lipinski definition) is 1. The van der Waals surface area contributed by atoms with Gasteiger partial charge in [0.15, 0.2) is 0 Å². The predicted octanol–water partition coefficient (Wildman–Crippen LogP) is 4.11. The molecule has 2 aromatic rings. The van der Waals surface area contributed by atoms with Crippen LogP contribution in [-0.2, 0) is 28.1 Å². The number of alkyl halides is 1. The predicted molar refractivity (Wildman–Crippen MR) is 147 cm³/mol. The standard InChI is InChI=1S/C30H40FN5O3/c1-20-6-8-30(25-14-22(32)4-5-23(20)25)16-26-24(18-39-30)27(35-9-3-12-37-13-11-35)34-28(33-26)38-19-29-7-2-10-36(29)17-21(31)15-29/h4-5,14,20-21H,2-3,6-13,15-19,32H2,1H3/t20-,21+,29-,30-/m0/s1. The molecule has 5 aliphatic rings. The second kappa shape index (κ2) is 9.85. The Morgan fingerprint density at radius 2 is 2.08 bits per heavy atom. The van der Waals surface area contributed by atoms with E-state index < -0.39 is 11.8 Å². The first-order valence-electron chi connectivity index (χ1n) is 14.7. The van der Waals surface area contributed by atoms with Gasteiger partial charge >= 0.3 is 6.01 Å². The maximum atomic E-state index is 14.4. The van der Waals surface area contributed by atoms with E-state index in [1.54, 1.807) is 0 Å². The van der Waals surface area contributed by atoms with E-state index in [1.165, 1.54) is 11.1 Å². The van der Waals surface area contributed by atoms with Crippen LogP contribution in [0.2, 0.25) is 0 Å². The van der Waals surface area contributed by atoms with E-state index in [1.807, 2.05) is 6.07 Å². The van der Waals surface area contributed by atoms with E-state index >= 15 is 0 Å². The molecule has 1 aliphatic carbocycles. The zero-order chi connectivity index (χ0) is 26.6. The van der Waals surface area contributed by atoms with Gasteiger partial charge in [-0.3, -0.25) is 4.90 Å². The minimum absolute atomic E-state index is 0.240. The SMILES string of the molecule is C[C@H]1CC[C@]2(Cc3nc(OC[C@@]45CCCN4C[C@H](F)C5)nc(N4CCCOCC4)c3CO2)c2cc(N)ccc21. The second-order valence-corrected chi connectivity index (χ2v) is 12.3. The van der Waals surface area contributed by atoms with Crippen molar-refractivity contribution in [2.24, 2.45) is 0 Å². The van der Waals surface area contributed by atoms with Gasteiger partial charge < -0.3 is 24.8 Å². The van der Waals surface area contributed by atoms with Crippen molar-refractivity contribution in [3.05, 3.63) is 40.6 Å². The summed E-state index contributed by atoms with van der Waals surface area (Å²) in [7, 11) is 0. The van der Waals surface area contributed by atoms with Gasteiger partial charge in [-0.05, 0) is 67.8 Å². The normalized spacial score (nSPS) is 32.5. The third-order valence-electron chi connectivity index (χ3n) is 9.83. The molecule has 0 saturated carbocycles. The highest BCUT2D eigenvalue weighted by molar-refractivity contribution is 5.54. The lowest BCUT2D eigenvalue weighted by Crippen LogP contribution is -2.44. The highest BCUT2D eigenvalue weighted by Gasteiger charge is 2.50. The van der Waals surface area contributed by atoms with Gasteiger partial charge in [-0.2, -0.15) is 9.97 Å². The van der Waals surface area contributed by atoms with Gasteiger partial charge in [0.05, 0.1) is 30.0 Å². The van der Waals surface area contributed by atoms with Crippen LogP contribution in [0.4, 0.5) is 15.9 Å². The average Bonchev–Trinajstić information content (AvgIpc) is 3.31. The molecule has 1 aromatic carbocycles. The fourth-order valence-electron chi connectivity index (χ4n) is 7.72. The monoisotopic (exact) mass is 537 g/mol. The summed E-state index contributed by atoms with van der Waals surface area (Å²) in [6.07, 6.45) is 5.37. The molecule has 5 heterocycles. The number of anilines is 2. The average molecular weight is 538 g/mol. The fourth-order valence-corrected chi connectivity index (χ4v) is 7.72. The first-order valence-corrected chi connectivity index (χ1v) is 14.7. The highest BCUT2D eigenvalue weighted by atomic mass is 19.1. The van der Waals surface area contributed by atoms with Gasteiger partial charge in [-0.1, -0.05) is 13.0 Å². The third kappa shape index (κ3) is 4.46. The molecule has 4 aliphatic heterocycles. The summed E-state index contributed by atoms with van der Waals surface area (Å²) < 4.78 is 33.3. The molecule has 39 heavy (non-hydrogen) atoms. The topological polar surface area (TPSA) is 86.0 Å². The molecular formula is C30H40FN5O3. The minimum atomic E-state index is -0.788. The lowest BCUT2D eigenvalue weighted by atomic mass is 9.71. The van der Waals surface area contributed by atoms with E-state index in [0.29, 0.717) is 51.1 Å². The molecule has 0 amide bonds. The summed E-state index contributed by atoms with van der Waals surface area (Å²) in [6, 6.07) is 6.66. The largest absolute Gasteiger partial charge is 0.461 e. The molecule has 7 rings (SSSR count). The molecule has 8 nitrogen and oxygen atoms in total. The Hall–Kier alpha value is -2.49. The van der Waals surface area contributed by atoms with Crippen LogP contribution in [0.5, 0.6) is 6.01 Å². The van der Waals surface area contributed by atoms with Crippen molar-refractivity contribution < 1.29 is 18.6 Å². The highest BCUT2D eigenvalue weighted by Crippen LogP contribution is 2.49. The Kier molecular flexibility index (Phi) is 6.44. The Morgan fingerprint density at radius 1 is 1.15 bits per heavy atom. The number of halogens is 1. The summed E-state index contributed by atoms with van der Waals surface area (Å²) in [5.74, 6) is 1.36. The van der Waals surface area contributed by atoms with Crippen LogP contribution in [-0.4, -0.2) is 72.6 Å². The summed E-state index contributed by atoms with van der Waals surface area (Å²) >= 11 is 0. The summed E-state index contributed by atoms with van der Waals surface area (Å²) in [5.41, 5.74) is 10.9. The molecule has 1 spiro atoms. The van der Waals surface area contributed by atoms with E-state index in [9.17, 15) is 4.39 Å². The molecule has 0 unspecified atom stereocenters. The van der Waals surface area contributed by atoms with Gasteiger partial charge in [0.25, 0.3) is 0 Å². The zero-order valence-corrected chi connectivity index (χ0v) is 23.0. The van der Waals surface area contributed by atoms with Crippen LogP contribution in [0.1, 0.15) is 73.8 Å². The number of benzene rings is 1. The number of nitrogens with zero attached hydrogens (tertiary/aromatic N) is 4. The molecular weight excluding hydrogens is 497 g/mol. The van der Waals surface area contributed by atoms with Crippen molar-refractivity contribution in [3.63, 3.8) is 0 Å². The Morgan fingerprint density at radius 3 is 3.00 bits per heavy atom. The summed E-state index contributed by atoms with van der Waals surface area (Å²) in [4.78, 5) is 14.6. The zero-order valence-electron chi connectivity index (χ0n) is 23.0. The number of nitrogen functional groups attached to an aromatic ring is 1. The molecule has 210 valence electrons. The quantitative estimate of drug-likeness (QED) is 0.584. The van der Waals surface area contributed by atoms with Crippen molar-refractivity contribution >= 4 is 11.5 Å². The number of nitrogens with two attached hydrogens (primary N) is 1. The van der Waals surface area contributed by atoms with Crippen LogP contribution < -0.4 is 15.4 Å². The lowest BCUT2D eigenvalue weighted by Gasteiger charge is -2.44. The van der Waals surface area contributed by atoms with Gasteiger partial charge in [0, 0.05) is 50.3 Å².